The number of primary sulfonamides is 1. The smallest absolute Gasteiger partial charge is 0.238 e. The molecule has 0 atom stereocenters. The second-order valence-electron chi connectivity index (χ2n) is 4.71. The van der Waals surface area contributed by atoms with E-state index in [2.05, 4.69) is 5.32 Å². The molecule has 0 radical (unpaired) electrons. The summed E-state index contributed by atoms with van der Waals surface area (Å²) >= 11 is 0. The fraction of sp³-hybridized carbons (Fsp3) is 0.500. The highest BCUT2D eigenvalue weighted by Crippen LogP contribution is 2.16. The summed E-state index contributed by atoms with van der Waals surface area (Å²) in [6.45, 7) is 4.68. The summed E-state index contributed by atoms with van der Waals surface area (Å²) < 4.78 is 27.7. The van der Waals surface area contributed by atoms with Crippen LogP contribution in [-0.4, -0.2) is 27.7 Å². The van der Waals surface area contributed by atoms with Crippen LogP contribution in [0.3, 0.4) is 0 Å². The Hall–Kier alpha value is -1.11. The van der Waals surface area contributed by atoms with Crippen LogP contribution in [0.25, 0.3) is 0 Å². The molecule has 0 fully saturated rings. The van der Waals surface area contributed by atoms with Crippen LogP contribution < -0.4 is 10.5 Å². The van der Waals surface area contributed by atoms with Gasteiger partial charge in [-0.15, -0.1) is 0 Å². The van der Waals surface area contributed by atoms with Crippen LogP contribution in [0.5, 0.6) is 0 Å². The number of benzene rings is 1. The number of anilines is 1. The number of methoxy groups -OCH3 is 1. The Labute approximate surface area is 108 Å². The molecule has 5 nitrogen and oxygen atoms in total. The van der Waals surface area contributed by atoms with E-state index in [4.69, 9.17) is 9.88 Å². The molecule has 0 heterocycles. The lowest BCUT2D eigenvalue weighted by Crippen LogP contribution is -2.25. The maximum Gasteiger partial charge on any atom is 0.238 e. The molecule has 0 aliphatic rings. The average molecular weight is 272 g/mol. The first kappa shape index (κ1) is 14.9. The number of sulfonamides is 1. The van der Waals surface area contributed by atoms with Crippen molar-refractivity contribution in [1.82, 2.24) is 0 Å². The summed E-state index contributed by atoms with van der Waals surface area (Å²) in [5.41, 5.74) is 0.526. The lowest BCUT2D eigenvalue weighted by atomic mass is 10.1. The van der Waals surface area contributed by atoms with E-state index in [9.17, 15) is 8.42 Å². The number of rotatable bonds is 6. The second-order valence-corrected chi connectivity index (χ2v) is 6.27. The van der Waals surface area contributed by atoms with Crippen molar-refractivity contribution in [2.45, 2.75) is 30.8 Å². The SMILES string of the molecule is COC(C)(C)CCNc1cccc(S(N)(=O)=O)c1. The molecular formula is C12H20N2O3S. The van der Waals surface area contributed by atoms with Gasteiger partial charge in [0.15, 0.2) is 0 Å². The standard InChI is InChI=1S/C12H20N2O3S/c1-12(2,17-3)7-8-14-10-5-4-6-11(9-10)18(13,15)16/h4-6,9,14H,7-8H2,1-3H3,(H2,13,15,16). The topological polar surface area (TPSA) is 81.4 Å². The van der Waals surface area contributed by atoms with Crippen molar-refractivity contribution in [2.75, 3.05) is 19.0 Å². The minimum atomic E-state index is -3.65. The average Bonchev–Trinajstić information content (AvgIpc) is 2.28. The van der Waals surface area contributed by atoms with Crippen molar-refractivity contribution >= 4 is 15.7 Å². The van der Waals surface area contributed by atoms with Crippen molar-refractivity contribution in [3.05, 3.63) is 24.3 Å². The molecule has 0 unspecified atom stereocenters. The van der Waals surface area contributed by atoms with E-state index >= 15 is 0 Å². The molecule has 0 saturated heterocycles. The van der Waals surface area contributed by atoms with E-state index in [0.29, 0.717) is 6.54 Å². The van der Waals surface area contributed by atoms with Crippen molar-refractivity contribution in [1.29, 1.82) is 0 Å². The van der Waals surface area contributed by atoms with Crippen molar-refractivity contribution < 1.29 is 13.2 Å². The minimum Gasteiger partial charge on any atom is -0.385 e. The number of nitrogens with two attached hydrogens (primary N) is 1. The van der Waals surface area contributed by atoms with Crippen molar-refractivity contribution in [3.8, 4) is 0 Å². The Bertz CT molecular complexity index is 498. The lowest BCUT2D eigenvalue weighted by Gasteiger charge is -2.23. The maximum atomic E-state index is 11.2. The molecule has 1 aromatic rings. The fourth-order valence-electron chi connectivity index (χ4n) is 1.39. The Morgan fingerprint density at radius 2 is 2.06 bits per heavy atom. The third-order valence-corrected chi connectivity index (χ3v) is 3.68. The molecule has 0 bridgehead atoms. The highest BCUT2D eigenvalue weighted by Gasteiger charge is 2.15. The zero-order valence-electron chi connectivity index (χ0n) is 10.9. The zero-order valence-corrected chi connectivity index (χ0v) is 11.8. The summed E-state index contributed by atoms with van der Waals surface area (Å²) in [4.78, 5) is 0.110. The first-order valence-corrected chi connectivity index (χ1v) is 7.21. The van der Waals surface area contributed by atoms with E-state index in [0.717, 1.165) is 12.1 Å². The molecule has 0 aliphatic heterocycles. The van der Waals surface area contributed by atoms with Crippen LogP contribution in [0.15, 0.2) is 29.2 Å². The normalized spacial score (nSPS) is 12.4. The number of hydrogen-bond donors (Lipinski definition) is 2. The molecule has 102 valence electrons. The van der Waals surface area contributed by atoms with Crippen LogP contribution in [0.1, 0.15) is 20.3 Å². The summed E-state index contributed by atoms with van der Waals surface area (Å²) in [5, 5.41) is 8.22. The van der Waals surface area contributed by atoms with Crippen LogP contribution in [0.2, 0.25) is 0 Å². The third kappa shape index (κ3) is 4.64. The van der Waals surface area contributed by atoms with Crippen LogP contribution in [-0.2, 0) is 14.8 Å². The fourth-order valence-corrected chi connectivity index (χ4v) is 1.95. The van der Waals surface area contributed by atoms with Crippen molar-refractivity contribution in [2.24, 2.45) is 5.14 Å². The minimum absolute atomic E-state index is 0.110. The molecule has 0 amide bonds. The molecule has 6 heteroatoms. The van der Waals surface area contributed by atoms with E-state index < -0.39 is 10.0 Å². The van der Waals surface area contributed by atoms with Gasteiger partial charge >= 0.3 is 0 Å². The third-order valence-electron chi connectivity index (χ3n) is 2.77. The molecule has 1 rings (SSSR count). The second kappa shape index (κ2) is 5.69. The molecule has 0 saturated carbocycles. The summed E-state index contributed by atoms with van der Waals surface area (Å²) in [6.07, 6.45) is 0.809. The number of nitrogens with one attached hydrogen (secondary N) is 1. The summed E-state index contributed by atoms with van der Waals surface area (Å²) in [6, 6.07) is 6.45. The molecule has 3 N–H and O–H groups in total. The van der Waals surface area contributed by atoms with Gasteiger partial charge in [0.1, 0.15) is 0 Å². The zero-order chi connectivity index (χ0) is 13.8. The van der Waals surface area contributed by atoms with E-state index in [1.165, 1.54) is 12.1 Å². The van der Waals surface area contributed by atoms with E-state index in [1.54, 1.807) is 19.2 Å². The van der Waals surface area contributed by atoms with Gasteiger partial charge < -0.3 is 10.1 Å². The predicted molar refractivity (Wildman–Crippen MR) is 72.0 cm³/mol. The molecule has 18 heavy (non-hydrogen) atoms. The van der Waals surface area contributed by atoms with Gasteiger partial charge in [-0.05, 0) is 38.5 Å². The monoisotopic (exact) mass is 272 g/mol. The van der Waals surface area contributed by atoms with Gasteiger partial charge in [0.2, 0.25) is 10.0 Å². The van der Waals surface area contributed by atoms with Gasteiger partial charge in [0, 0.05) is 19.3 Å². The van der Waals surface area contributed by atoms with E-state index in [1.807, 2.05) is 13.8 Å². The molecule has 0 spiro atoms. The van der Waals surface area contributed by atoms with Crippen LogP contribution >= 0.6 is 0 Å². The van der Waals surface area contributed by atoms with E-state index in [-0.39, 0.29) is 10.5 Å². The molecule has 0 aliphatic carbocycles. The summed E-state index contributed by atoms with van der Waals surface area (Å²) in [7, 11) is -1.98. The quantitative estimate of drug-likeness (QED) is 0.823. The molecule has 1 aromatic carbocycles. The highest BCUT2D eigenvalue weighted by atomic mass is 32.2. The largest absolute Gasteiger partial charge is 0.385 e. The van der Waals surface area contributed by atoms with Gasteiger partial charge in [-0.25, -0.2) is 13.6 Å². The Morgan fingerprint density at radius 1 is 1.39 bits per heavy atom. The van der Waals surface area contributed by atoms with Gasteiger partial charge in [0.05, 0.1) is 10.5 Å². The Balaban J connectivity index is 2.64. The Kier molecular flexibility index (Phi) is 4.72. The van der Waals surface area contributed by atoms with Crippen LogP contribution in [0.4, 0.5) is 5.69 Å². The van der Waals surface area contributed by atoms with Crippen LogP contribution in [0, 0.1) is 0 Å². The number of ether oxygens (including phenoxy) is 1. The lowest BCUT2D eigenvalue weighted by molar-refractivity contribution is 0.0185. The predicted octanol–water partition coefficient (Wildman–Crippen LogP) is 1.56. The Morgan fingerprint density at radius 3 is 2.61 bits per heavy atom. The van der Waals surface area contributed by atoms with Crippen molar-refractivity contribution in [3.63, 3.8) is 0 Å². The van der Waals surface area contributed by atoms with Gasteiger partial charge in [-0.2, -0.15) is 0 Å². The maximum absolute atomic E-state index is 11.2. The summed E-state index contributed by atoms with van der Waals surface area (Å²) in [5.74, 6) is 0. The van der Waals surface area contributed by atoms with Gasteiger partial charge in [-0.3, -0.25) is 0 Å². The van der Waals surface area contributed by atoms with Gasteiger partial charge in [0.25, 0.3) is 0 Å². The first-order chi connectivity index (χ1) is 8.24. The molecule has 0 aromatic heterocycles. The molecular weight excluding hydrogens is 252 g/mol. The number of hydrogen-bond acceptors (Lipinski definition) is 4. The first-order valence-electron chi connectivity index (χ1n) is 5.66. The highest BCUT2D eigenvalue weighted by molar-refractivity contribution is 7.89. The van der Waals surface area contributed by atoms with Gasteiger partial charge in [-0.1, -0.05) is 6.07 Å².